The van der Waals surface area contributed by atoms with Gasteiger partial charge in [0.05, 0.1) is 35.5 Å². The van der Waals surface area contributed by atoms with E-state index >= 15 is 0 Å². The predicted octanol–water partition coefficient (Wildman–Crippen LogP) is 2.98. The van der Waals surface area contributed by atoms with Crippen LogP contribution in [0.1, 0.15) is 0 Å². The summed E-state index contributed by atoms with van der Waals surface area (Å²) in [4.78, 5) is 38.3. The summed E-state index contributed by atoms with van der Waals surface area (Å²) in [7, 11) is 0. The number of hydrogen-bond acceptors (Lipinski definition) is 6. The van der Waals surface area contributed by atoms with Crippen molar-refractivity contribution in [3.8, 4) is 0 Å². The largest absolute Gasteiger partial charge is 0.323 e. The Morgan fingerprint density at radius 1 is 0.647 bits per heavy atom. The molecule has 8 heteroatoms. The zero-order valence-electron chi connectivity index (χ0n) is 18.8. The number of nitrogens with one attached hydrogen (secondary N) is 2. The van der Waals surface area contributed by atoms with Gasteiger partial charge in [-0.1, -0.05) is 36.4 Å². The van der Waals surface area contributed by atoms with Gasteiger partial charge >= 0.3 is 0 Å². The normalized spacial score (nSPS) is 14.8. The van der Waals surface area contributed by atoms with Crippen LogP contribution in [0.25, 0.3) is 21.8 Å². The van der Waals surface area contributed by atoms with Crippen molar-refractivity contribution in [3.05, 3.63) is 73.1 Å². The van der Waals surface area contributed by atoms with E-state index in [-0.39, 0.29) is 11.8 Å². The summed E-state index contributed by atoms with van der Waals surface area (Å²) in [5.41, 5.74) is 3.02. The van der Waals surface area contributed by atoms with Gasteiger partial charge in [-0.25, -0.2) is 0 Å². The van der Waals surface area contributed by atoms with Crippen molar-refractivity contribution in [2.24, 2.45) is 0 Å². The topological polar surface area (TPSA) is 90.5 Å². The van der Waals surface area contributed by atoms with E-state index in [4.69, 9.17) is 0 Å². The molecule has 2 N–H and O–H groups in total. The number of carbonyl (C=O) groups excluding carboxylic acids is 2. The SMILES string of the molecule is O=C(CN1CCN(CC(=O)Nc2cccc3cccnc23)CC1)Nc1cccc2cccnc12. The molecule has 0 spiro atoms. The molecule has 0 radical (unpaired) electrons. The molecule has 2 aromatic carbocycles. The van der Waals surface area contributed by atoms with E-state index in [1.54, 1.807) is 12.4 Å². The molecule has 0 saturated carbocycles. The van der Waals surface area contributed by atoms with Crippen molar-refractivity contribution in [3.63, 3.8) is 0 Å². The van der Waals surface area contributed by atoms with Gasteiger partial charge in [-0.05, 0) is 24.3 Å². The van der Waals surface area contributed by atoms with E-state index in [0.717, 1.165) is 59.4 Å². The summed E-state index contributed by atoms with van der Waals surface area (Å²) in [6, 6.07) is 19.2. The van der Waals surface area contributed by atoms with Gasteiger partial charge in [0.25, 0.3) is 0 Å². The molecule has 0 aliphatic carbocycles. The van der Waals surface area contributed by atoms with Crippen LogP contribution in [0.3, 0.4) is 0 Å². The zero-order valence-corrected chi connectivity index (χ0v) is 18.8. The van der Waals surface area contributed by atoms with Crippen LogP contribution in [0.5, 0.6) is 0 Å². The number of anilines is 2. The van der Waals surface area contributed by atoms with E-state index in [1.165, 1.54) is 0 Å². The predicted molar refractivity (Wildman–Crippen MR) is 134 cm³/mol. The molecule has 3 heterocycles. The maximum Gasteiger partial charge on any atom is 0.238 e. The van der Waals surface area contributed by atoms with Gasteiger partial charge in [0.15, 0.2) is 0 Å². The number of amides is 2. The minimum atomic E-state index is -0.0622. The Hall–Kier alpha value is -3.88. The number of rotatable bonds is 6. The highest BCUT2D eigenvalue weighted by Gasteiger charge is 2.21. The lowest BCUT2D eigenvalue weighted by molar-refractivity contribution is -0.120. The van der Waals surface area contributed by atoms with Gasteiger partial charge < -0.3 is 10.6 Å². The fourth-order valence-electron chi connectivity index (χ4n) is 4.30. The molecule has 0 unspecified atom stereocenters. The molecular weight excluding hydrogens is 428 g/mol. The van der Waals surface area contributed by atoms with Crippen molar-refractivity contribution < 1.29 is 9.59 Å². The number of fused-ring (bicyclic) bond motifs is 2. The van der Waals surface area contributed by atoms with Gasteiger partial charge in [-0.2, -0.15) is 0 Å². The molecule has 1 aliphatic heterocycles. The molecular formula is C26H26N6O2. The summed E-state index contributed by atoms with van der Waals surface area (Å²) in [5, 5.41) is 7.97. The Labute approximate surface area is 197 Å². The molecule has 0 bridgehead atoms. The van der Waals surface area contributed by atoms with Crippen LogP contribution in [0.4, 0.5) is 11.4 Å². The highest BCUT2D eigenvalue weighted by atomic mass is 16.2. The summed E-state index contributed by atoms with van der Waals surface area (Å²) >= 11 is 0. The van der Waals surface area contributed by atoms with Crippen molar-refractivity contribution in [1.29, 1.82) is 0 Å². The Bertz CT molecular complexity index is 1220. The second-order valence-corrected chi connectivity index (χ2v) is 8.41. The summed E-state index contributed by atoms with van der Waals surface area (Å²) in [5.74, 6) is -0.124. The van der Waals surface area contributed by atoms with Crippen LogP contribution in [-0.2, 0) is 9.59 Å². The van der Waals surface area contributed by atoms with E-state index in [0.29, 0.717) is 13.1 Å². The number of nitrogens with zero attached hydrogens (tertiary/aromatic N) is 4. The lowest BCUT2D eigenvalue weighted by atomic mass is 10.2. The fourth-order valence-corrected chi connectivity index (χ4v) is 4.30. The summed E-state index contributed by atoms with van der Waals surface area (Å²) in [6.45, 7) is 3.53. The number of hydrogen-bond donors (Lipinski definition) is 2. The van der Waals surface area contributed by atoms with Crippen LogP contribution in [-0.4, -0.2) is 70.9 Å². The van der Waals surface area contributed by atoms with E-state index in [1.807, 2.05) is 60.7 Å². The molecule has 2 aromatic heterocycles. The fraction of sp³-hybridized carbons (Fsp3) is 0.231. The van der Waals surface area contributed by atoms with Gasteiger partial charge in [0.1, 0.15) is 0 Å². The minimum absolute atomic E-state index is 0.0622. The molecule has 1 fully saturated rings. The Morgan fingerprint density at radius 3 is 1.50 bits per heavy atom. The van der Waals surface area contributed by atoms with E-state index in [2.05, 4.69) is 30.4 Å². The third kappa shape index (κ3) is 5.03. The zero-order chi connectivity index (χ0) is 23.3. The van der Waals surface area contributed by atoms with Crippen LogP contribution < -0.4 is 10.6 Å². The third-order valence-electron chi connectivity index (χ3n) is 6.01. The first-order chi connectivity index (χ1) is 16.7. The first-order valence-electron chi connectivity index (χ1n) is 11.4. The highest BCUT2D eigenvalue weighted by molar-refractivity contribution is 6.01. The van der Waals surface area contributed by atoms with Crippen LogP contribution in [0.15, 0.2) is 73.1 Å². The Kier molecular flexibility index (Phi) is 6.42. The van der Waals surface area contributed by atoms with Crippen molar-refractivity contribution >= 4 is 45.0 Å². The first kappa shape index (κ1) is 21.9. The number of benzene rings is 2. The lowest BCUT2D eigenvalue weighted by Gasteiger charge is -2.33. The van der Waals surface area contributed by atoms with Crippen molar-refractivity contribution in [1.82, 2.24) is 19.8 Å². The molecule has 172 valence electrons. The molecule has 1 aliphatic rings. The van der Waals surface area contributed by atoms with E-state index in [9.17, 15) is 9.59 Å². The van der Waals surface area contributed by atoms with Crippen molar-refractivity contribution in [2.45, 2.75) is 0 Å². The molecule has 1 saturated heterocycles. The van der Waals surface area contributed by atoms with Crippen LogP contribution in [0.2, 0.25) is 0 Å². The Morgan fingerprint density at radius 2 is 1.06 bits per heavy atom. The Balaban J connectivity index is 1.11. The number of aromatic nitrogens is 2. The third-order valence-corrected chi connectivity index (χ3v) is 6.01. The molecule has 5 rings (SSSR count). The second-order valence-electron chi connectivity index (χ2n) is 8.41. The quantitative estimate of drug-likeness (QED) is 0.466. The lowest BCUT2D eigenvalue weighted by Crippen LogP contribution is -2.50. The second kappa shape index (κ2) is 9.94. The first-order valence-corrected chi connectivity index (χ1v) is 11.4. The van der Waals surface area contributed by atoms with E-state index < -0.39 is 0 Å². The summed E-state index contributed by atoms with van der Waals surface area (Å²) < 4.78 is 0. The van der Waals surface area contributed by atoms with Gasteiger partial charge in [0, 0.05) is 49.3 Å². The number of piperazine rings is 1. The highest BCUT2D eigenvalue weighted by Crippen LogP contribution is 2.21. The maximum absolute atomic E-state index is 12.6. The minimum Gasteiger partial charge on any atom is -0.323 e. The average Bonchev–Trinajstić information content (AvgIpc) is 2.86. The molecule has 4 aromatic rings. The van der Waals surface area contributed by atoms with Crippen LogP contribution in [0, 0.1) is 0 Å². The molecule has 2 amide bonds. The number of para-hydroxylation sites is 2. The van der Waals surface area contributed by atoms with Gasteiger partial charge in [0.2, 0.25) is 11.8 Å². The smallest absolute Gasteiger partial charge is 0.238 e. The number of pyridine rings is 2. The molecule has 8 nitrogen and oxygen atoms in total. The number of carbonyl (C=O) groups is 2. The van der Waals surface area contributed by atoms with Crippen LogP contribution >= 0.6 is 0 Å². The standard InChI is InChI=1S/C26H26N6O2/c33-23(29-21-9-1-5-19-7-3-11-27-25(19)21)17-31-13-15-32(16-14-31)18-24(34)30-22-10-2-6-20-8-4-12-28-26(20)22/h1-12H,13-18H2,(H,29,33)(H,30,34). The van der Waals surface area contributed by atoms with Gasteiger partial charge in [-0.15, -0.1) is 0 Å². The monoisotopic (exact) mass is 454 g/mol. The molecule has 0 atom stereocenters. The van der Waals surface area contributed by atoms with Gasteiger partial charge in [-0.3, -0.25) is 29.4 Å². The molecule has 34 heavy (non-hydrogen) atoms. The van der Waals surface area contributed by atoms with Crippen molar-refractivity contribution in [2.75, 3.05) is 49.9 Å². The summed E-state index contributed by atoms with van der Waals surface area (Å²) in [6.07, 6.45) is 3.45. The maximum atomic E-state index is 12.6. The average molecular weight is 455 g/mol.